The van der Waals surface area contributed by atoms with Gasteiger partial charge in [0.2, 0.25) is 0 Å². The molecule has 0 saturated heterocycles. The molecule has 2 heterocycles. The van der Waals surface area contributed by atoms with Crippen LogP contribution in [0.4, 0.5) is 11.5 Å². The molecule has 0 aliphatic rings. The summed E-state index contributed by atoms with van der Waals surface area (Å²) in [5, 5.41) is 4.67. The van der Waals surface area contributed by atoms with E-state index in [2.05, 4.69) is 27.2 Å². The molecule has 8 heteroatoms. The first-order chi connectivity index (χ1) is 16.1. The zero-order chi connectivity index (χ0) is 22.8. The highest BCUT2D eigenvalue weighted by molar-refractivity contribution is 6.32. The highest BCUT2D eigenvalue weighted by Gasteiger charge is 2.10. The second kappa shape index (κ2) is 8.96. The Bertz CT molecular complexity index is 1450. The topological polar surface area (TPSA) is 74.1 Å². The molecule has 0 aliphatic carbocycles. The quantitative estimate of drug-likeness (QED) is 0.299. The lowest BCUT2D eigenvalue weighted by Gasteiger charge is -2.12. The standard InChI is InChI=1S/C25H22ClN5O2/c1-3-10-32-17-5-7-21-19(12-17)25(28-14-27-21)30-16-4-9-24(20(26)11-16)33-18-6-8-23-22(13-18)29-15-31(23)2/h4-9,11-15H,3,10H2,1-2H3,(H,27,28,30). The molecule has 5 aromatic rings. The fourth-order valence-electron chi connectivity index (χ4n) is 3.55. The first-order valence-corrected chi connectivity index (χ1v) is 11.0. The molecular formula is C25H22ClN5O2. The Labute approximate surface area is 196 Å². The summed E-state index contributed by atoms with van der Waals surface area (Å²) in [6, 6.07) is 17.1. The predicted molar refractivity (Wildman–Crippen MR) is 131 cm³/mol. The third kappa shape index (κ3) is 4.40. The van der Waals surface area contributed by atoms with Gasteiger partial charge in [0.15, 0.2) is 0 Å². The third-order valence-corrected chi connectivity index (χ3v) is 5.49. The fourth-order valence-corrected chi connectivity index (χ4v) is 3.77. The van der Waals surface area contributed by atoms with E-state index in [0.717, 1.165) is 39.8 Å². The van der Waals surface area contributed by atoms with E-state index in [1.807, 2.05) is 66.2 Å². The number of nitrogens with zero attached hydrogens (tertiary/aromatic N) is 4. The molecule has 0 unspecified atom stereocenters. The molecule has 0 spiro atoms. The second-order valence-corrected chi connectivity index (χ2v) is 8.04. The molecule has 0 amide bonds. The van der Waals surface area contributed by atoms with Crippen LogP contribution in [-0.4, -0.2) is 26.1 Å². The van der Waals surface area contributed by atoms with E-state index in [0.29, 0.717) is 28.9 Å². The highest BCUT2D eigenvalue weighted by atomic mass is 35.5. The first-order valence-electron chi connectivity index (χ1n) is 10.6. The number of nitrogens with one attached hydrogen (secondary N) is 1. The van der Waals surface area contributed by atoms with Gasteiger partial charge in [0.05, 0.1) is 34.5 Å². The monoisotopic (exact) mass is 459 g/mol. The molecule has 166 valence electrons. The van der Waals surface area contributed by atoms with Gasteiger partial charge in [-0.2, -0.15) is 0 Å². The summed E-state index contributed by atoms with van der Waals surface area (Å²) in [6.07, 6.45) is 4.25. The molecule has 0 saturated carbocycles. The van der Waals surface area contributed by atoms with E-state index in [9.17, 15) is 0 Å². The molecule has 0 bridgehead atoms. The van der Waals surface area contributed by atoms with Crippen molar-refractivity contribution in [1.29, 1.82) is 0 Å². The maximum Gasteiger partial charge on any atom is 0.146 e. The van der Waals surface area contributed by atoms with E-state index in [1.54, 1.807) is 6.33 Å². The summed E-state index contributed by atoms with van der Waals surface area (Å²) in [5.41, 5.74) is 3.51. The van der Waals surface area contributed by atoms with Gasteiger partial charge in [0.1, 0.15) is 29.4 Å². The van der Waals surface area contributed by atoms with Crippen molar-refractivity contribution in [2.75, 3.05) is 11.9 Å². The van der Waals surface area contributed by atoms with Gasteiger partial charge in [-0.05, 0) is 55.0 Å². The van der Waals surface area contributed by atoms with Gasteiger partial charge in [0.25, 0.3) is 0 Å². The number of halogens is 1. The molecule has 1 N–H and O–H groups in total. The van der Waals surface area contributed by atoms with Crippen molar-refractivity contribution in [3.05, 3.63) is 72.3 Å². The smallest absolute Gasteiger partial charge is 0.146 e. The van der Waals surface area contributed by atoms with Crippen LogP contribution < -0.4 is 14.8 Å². The van der Waals surface area contributed by atoms with Gasteiger partial charge in [0, 0.05) is 24.2 Å². The van der Waals surface area contributed by atoms with Gasteiger partial charge in [-0.25, -0.2) is 15.0 Å². The van der Waals surface area contributed by atoms with Crippen molar-refractivity contribution in [2.45, 2.75) is 13.3 Å². The van der Waals surface area contributed by atoms with Crippen LogP contribution >= 0.6 is 11.6 Å². The van der Waals surface area contributed by atoms with Crippen LogP contribution in [0.15, 0.2) is 67.3 Å². The lowest BCUT2D eigenvalue weighted by Crippen LogP contribution is -1.98. The maximum atomic E-state index is 6.53. The SMILES string of the molecule is CCCOc1ccc2ncnc(Nc3ccc(Oc4ccc5c(c4)ncn5C)c(Cl)c3)c2c1. The number of anilines is 2. The molecule has 0 aliphatic heterocycles. The summed E-state index contributed by atoms with van der Waals surface area (Å²) in [7, 11) is 1.96. The molecule has 0 radical (unpaired) electrons. The molecule has 0 atom stereocenters. The average molecular weight is 460 g/mol. The Hall–Kier alpha value is -3.84. The molecule has 33 heavy (non-hydrogen) atoms. The zero-order valence-electron chi connectivity index (χ0n) is 18.2. The minimum atomic E-state index is 0.478. The lowest BCUT2D eigenvalue weighted by atomic mass is 10.2. The minimum absolute atomic E-state index is 0.478. The number of aromatic nitrogens is 4. The van der Waals surface area contributed by atoms with Gasteiger partial charge < -0.3 is 19.4 Å². The van der Waals surface area contributed by atoms with Crippen molar-refractivity contribution in [3.8, 4) is 17.2 Å². The number of benzene rings is 3. The molecule has 0 fully saturated rings. The van der Waals surface area contributed by atoms with Crippen molar-refractivity contribution in [1.82, 2.24) is 19.5 Å². The number of fused-ring (bicyclic) bond motifs is 2. The van der Waals surface area contributed by atoms with Crippen LogP contribution in [0.25, 0.3) is 21.9 Å². The van der Waals surface area contributed by atoms with Crippen LogP contribution in [0.1, 0.15) is 13.3 Å². The fraction of sp³-hybridized carbons (Fsp3) is 0.160. The van der Waals surface area contributed by atoms with E-state index in [-0.39, 0.29) is 0 Å². The molecular weight excluding hydrogens is 438 g/mol. The van der Waals surface area contributed by atoms with Crippen LogP contribution in [0.2, 0.25) is 5.02 Å². The second-order valence-electron chi connectivity index (χ2n) is 7.63. The van der Waals surface area contributed by atoms with Crippen molar-refractivity contribution >= 4 is 45.0 Å². The van der Waals surface area contributed by atoms with E-state index >= 15 is 0 Å². The number of hydrogen-bond acceptors (Lipinski definition) is 6. The van der Waals surface area contributed by atoms with Crippen molar-refractivity contribution < 1.29 is 9.47 Å². The first kappa shape index (κ1) is 21.0. The number of aryl methyl sites for hydroxylation is 1. The van der Waals surface area contributed by atoms with Gasteiger partial charge in [-0.1, -0.05) is 18.5 Å². The van der Waals surface area contributed by atoms with Crippen molar-refractivity contribution in [2.24, 2.45) is 7.05 Å². The van der Waals surface area contributed by atoms with E-state index < -0.39 is 0 Å². The minimum Gasteiger partial charge on any atom is -0.494 e. The van der Waals surface area contributed by atoms with Gasteiger partial charge in [-0.3, -0.25) is 0 Å². The van der Waals surface area contributed by atoms with Crippen LogP contribution in [-0.2, 0) is 7.05 Å². The normalized spacial score (nSPS) is 11.1. The predicted octanol–water partition coefficient (Wildman–Crippen LogP) is 6.49. The Morgan fingerprint density at radius 2 is 1.82 bits per heavy atom. The molecule has 7 nitrogen and oxygen atoms in total. The Morgan fingerprint density at radius 3 is 2.67 bits per heavy atom. The summed E-state index contributed by atoms with van der Waals surface area (Å²) >= 11 is 6.53. The van der Waals surface area contributed by atoms with Crippen LogP contribution in [0.3, 0.4) is 0 Å². The van der Waals surface area contributed by atoms with Gasteiger partial charge >= 0.3 is 0 Å². The lowest BCUT2D eigenvalue weighted by molar-refractivity contribution is 0.318. The Balaban J connectivity index is 1.38. The number of rotatable bonds is 7. The number of imidazole rings is 1. The molecule has 3 aromatic carbocycles. The Morgan fingerprint density at radius 1 is 0.939 bits per heavy atom. The van der Waals surface area contributed by atoms with Crippen LogP contribution in [0.5, 0.6) is 17.2 Å². The number of hydrogen-bond donors (Lipinski definition) is 1. The van der Waals surface area contributed by atoms with Gasteiger partial charge in [-0.15, -0.1) is 0 Å². The summed E-state index contributed by atoms with van der Waals surface area (Å²) in [5.74, 6) is 2.69. The average Bonchev–Trinajstić information content (AvgIpc) is 3.19. The third-order valence-electron chi connectivity index (χ3n) is 5.20. The zero-order valence-corrected chi connectivity index (χ0v) is 19.0. The molecule has 2 aromatic heterocycles. The van der Waals surface area contributed by atoms with E-state index in [1.165, 1.54) is 6.33 Å². The summed E-state index contributed by atoms with van der Waals surface area (Å²) < 4.78 is 13.7. The summed E-state index contributed by atoms with van der Waals surface area (Å²) in [6.45, 7) is 2.73. The largest absolute Gasteiger partial charge is 0.494 e. The van der Waals surface area contributed by atoms with Crippen LogP contribution in [0, 0.1) is 0 Å². The van der Waals surface area contributed by atoms with E-state index in [4.69, 9.17) is 21.1 Å². The maximum absolute atomic E-state index is 6.53. The Kier molecular flexibility index (Phi) is 5.71. The molecule has 5 rings (SSSR count). The summed E-state index contributed by atoms with van der Waals surface area (Å²) in [4.78, 5) is 13.1. The number of ether oxygens (including phenoxy) is 2. The highest BCUT2D eigenvalue weighted by Crippen LogP contribution is 2.34. The van der Waals surface area contributed by atoms with Crippen molar-refractivity contribution in [3.63, 3.8) is 0 Å².